The number of aliphatic hydroxyl groups is 1. The summed E-state index contributed by atoms with van der Waals surface area (Å²) in [6.45, 7) is 5.86. The molecule has 282 valence electrons. The Morgan fingerprint density at radius 2 is 1.78 bits per heavy atom. The summed E-state index contributed by atoms with van der Waals surface area (Å²) in [7, 11) is -3.04. The largest absolute Gasteiger partial charge is 0.432 e. The zero-order valence-electron chi connectivity index (χ0n) is 30.6. The molecule has 1 amide bonds. The second-order valence-electron chi connectivity index (χ2n) is 15.0. The van der Waals surface area contributed by atoms with Gasteiger partial charge in [-0.2, -0.15) is 0 Å². The summed E-state index contributed by atoms with van der Waals surface area (Å²) in [5.41, 5.74) is 2.04. The Morgan fingerprint density at radius 3 is 2.51 bits per heavy atom. The van der Waals surface area contributed by atoms with Crippen molar-refractivity contribution in [2.24, 2.45) is 5.92 Å². The summed E-state index contributed by atoms with van der Waals surface area (Å²) in [6, 6.07) is 28.5. The number of rotatable bonds is 11. The van der Waals surface area contributed by atoms with E-state index in [2.05, 4.69) is 15.4 Å². The van der Waals surface area contributed by atoms with Crippen molar-refractivity contribution in [1.82, 2.24) is 24.8 Å². The maximum absolute atomic E-state index is 15.0. The van der Waals surface area contributed by atoms with Gasteiger partial charge < -0.3 is 19.5 Å². The molecule has 15 heteroatoms. The van der Waals surface area contributed by atoms with Gasteiger partial charge in [0.15, 0.2) is 13.9 Å². The number of anilines is 1. The summed E-state index contributed by atoms with van der Waals surface area (Å²) in [6.07, 6.45) is 1.58. The van der Waals surface area contributed by atoms with Gasteiger partial charge in [0.05, 0.1) is 58.1 Å². The van der Waals surface area contributed by atoms with Crippen molar-refractivity contribution >= 4 is 36.5 Å². The minimum atomic E-state index is -3.04. The van der Waals surface area contributed by atoms with Crippen LogP contribution in [0, 0.1) is 16.0 Å². The Labute approximate surface area is 316 Å². The number of non-ortho nitro benzene ring substituents is 1. The van der Waals surface area contributed by atoms with Gasteiger partial charge in [-0.1, -0.05) is 66.7 Å². The molecule has 1 fully saturated rings. The van der Waals surface area contributed by atoms with Gasteiger partial charge in [-0.15, -0.1) is 5.10 Å². The Morgan fingerprint density at radius 1 is 1.02 bits per heavy atom. The van der Waals surface area contributed by atoms with Crippen molar-refractivity contribution in [2.45, 2.75) is 62.7 Å². The number of carbonyl (C=O) groups is 1. The van der Waals surface area contributed by atoms with Crippen molar-refractivity contribution < 1.29 is 24.4 Å². The smallest absolute Gasteiger partial charge is 0.279 e. The standard InChI is InChI=1S/C40H41N7O7Si/c1-25-37(55(2,3)53)36(18-19-44-23-34(41-43-44)31(24-48)27-11-5-4-6-12-27)54-40(25)32-21-29(47(51)52)16-17-35(32)45(39(40)50)22-26-10-9-13-28(20-26)46-38(49)30-14-7-8-15-33(30)42-46/h4-17,20-21,23,25,31,36-37,42,48,53H,18-19,22,24H2,1-3H3/t25-,31?,36+,37-,40+/m1/s1. The van der Waals surface area contributed by atoms with Crippen molar-refractivity contribution in [3.8, 4) is 5.69 Å². The molecule has 8 rings (SSSR count). The number of hydrogen-bond acceptors (Lipinski definition) is 9. The van der Waals surface area contributed by atoms with Crippen LogP contribution in [0.15, 0.2) is 108 Å². The second-order valence-corrected chi connectivity index (χ2v) is 19.0. The van der Waals surface area contributed by atoms with Crippen LogP contribution in [-0.2, 0) is 28.2 Å². The van der Waals surface area contributed by atoms with E-state index in [1.54, 1.807) is 40.0 Å². The Balaban J connectivity index is 1.12. The molecule has 0 aliphatic carbocycles. The monoisotopic (exact) mass is 759 g/mol. The van der Waals surface area contributed by atoms with Gasteiger partial charge in [0, 0.05) is 41.9 Å². The van der Waals surface area contributed by atoms with Gasteiger partial charge in [0.25, 0.3) is 17.2 Å². The lowest BCUT2D eigenvalue weighted by Gasteiger charge is -2.32. The number of aromatic amines is 1. The molecule has 2 aliphatic rings. The van der Waals surface area contributed by atoms with Gasteiger partial charge in [-0.05, 0) is 61.0 Å². The molecule has 4 heterocycles. The molecule has 2 aliphatic heterocycles. The molecule has 14 nitrogen and oxygen atoms in total. The van der Waals surface area contributed by atoms with Gasteiger partial charge in [-0.3, -0.25) is 29.5 Å². The number of benzene rings is 4. The molecule has 1 saturated heterocycles. The highest BCUT2D eigenvalue weighted by Crippen LogP contribution is 2.60. The molecular weight excluding hydrogens is 719 g/mol. The van der Waals surface area contributed by atoms with E-state index >= 15 is 0 Å². The molecule has 3 N–H and O–H groups in total. The number of aryl methyl sites for hydroxylation is 1. The Hall–Kier alpha value is -5.74. The molecule has 5 atom stereocenters. The number of H-pyrrole nitrogens is 1. The van der Waals surface area contributed by atoms with E-state index in [1.165, 1.54) is 16.8 Å². The van der Waals surface area contributed by atoms with Crippen molar-refractivity contribution in [2.75, 3.05) is 11.5 Å². The van der Waals surface area contributed by atoms with E-state index in [1.807, 2.05) is 80.7 Å². The molecule has 0 saturated carbocycles. The number of ether oxygens (including phenoxy) is 1. The van der Waals surface area contributed by atoms with Crippen molar-refractivity contribution in [3.63, 3.8) is 0 Å². The van der Waals surface area contributed by atoms with Crippen LogP contribution in [0.5, 0.6) is 0 Å². The fraction of sp³-hybridized carbons (Fsp3) is 0.300. The number of aromatic nitrogens is 5. The first-order valence-corrected chi connectivity index (χ1v) is 21.3. The lowest BCUT2D eigenvalue weighted by molar-refractivity contribution is -0.385. The number of nitrogens with zero attached hydrogens (tertiary/aromatic N) is 6. The highest BCUT2D eigenvalue weighted by atomic mass is 28.4. The number of amides is 1. The third-order valence-electron chi connectivity index (χ3n) is 11.2. The van der Waals surface area contributed by atoms with E-state index in [0.717, 1.165) is 11.1 Å². The number of fused-ring (bicyclic) bond motifs is 3. The van der Waals surface area contributed by atoms with Crippen molar-refractivity contribution in [1.29, 1.82) is 0 Å². The van der Waals surface area contributed by atoms with Gasteiger partial charge in [0.1, 0.15) is 0 Å². The van der Waals surface area contributed by atoms with Crippen molar-refractivity contribution in [3.05, 3.63) is 146 Å². The first-order chi connectivity index (χ1) is 26.4. The van der Waals surface area contributed by atoms with Gasteiger partial charge >= 0.3 is 0 Å². The van der Waals surface area contributed by atoms with Gasteiger partial charge in [-0.25, -0.2) is 4.68 Å². The number of nitro benzene ring substituents is 1. The second kappa shape index (κ2) is 13.8. The summed E-state index contributed by atoms with van der Waals surface area (Å²) < 4.78 is 10.1. The fourth-order valence-corrected chi connectivity index (χ4v) is 11.3. The van der Waals surface area contributed by atoms with Crippen LogP contribution in [-0.4, -0.2) is 66.5 Å². The zero-order valence-corrected chi connectivity index (χ0v) is 31.6. The Kier molecular flexibility index (Phi) is 9.12. The minimum absolute atomic E-state index is 0.106. The predicted octanol–water partition coefficient (Wildman–Crippen LogP) is 5.38. The molecule has 1 spiro atoms. The number of hydrogen-bond donors (Lipinski definition) is 3. The average molecular weight is 760 g/mol. The summed E-state index contributed by atoms with van der Waals surface area (Å²) in [4.78, 5) is 53.2. The van der Waals surface area contributed by atoms with Crippen LogP contribution in [0.3, 0.4) is 0 Å². The van der Waals surface area contributed by atoms with Crippen LogP contribution in [0.25, 0.3) is 16.6 Å². The highest BCUT2D eigenvalue weighted by Gasteiger charge is 2.66. The van der Waals surface area contributed by atoms with Crippen LogP contribution < -0.4 is 10.5 Å². The van der Waals surface area contributed by atoms with Crippen LogP contribution in [0.4, 0.5) is 11.4 Å². The maximum atomic E-state index is 15.0. The molecule has 4 aromatic carbocycles. The average Bonchev–Trinajstić information content (AvgIpc) is 3.91. The van der Waals surface area contributed by atoms with E-state index in [-0.39, 0.29) is 36.2 Å². The third-order valence-corrected chi connectivity index (χ3v) is 13.7. The first-order valence-electron chi connectivity index (χ1n) is 18.3. The van der Waals surface area contributed by atoms with Gasteiger partial charge in [0.2, 0.25) is 0 Å². The number of nitrogens with one attached hydrogen (secondary N) is 1. The molecule has 1 unspecified atom stereocenters. The summed E-state index contributed by atoms with van der Waals surface area (Å²) in [5.74, 6) is -1.26. The maximum Gasteiger partial charge on any atom is 0.279 e. The topological polar surface area (TPSA) is 182 Å². The minimum Gasteiger partial charge on any atom is -0.432 e. The quantitative estimate of drug-likeness (QED) is 0.0888. The Bertz CT molecular complexity index is 2480. The molecule has 2 aromatic heterocycles. The number of carbonyl (C=O) groups excluding carboxylic acids is 1. The zero-order chi connectivity index (χ0) is 38.6. The van der Waals surface area contributed by atoms with E-state index < -0.39 is 36.4 Å². The fourth-order valence-electron chi connectivity index (χ4n) is 8.72. The van der Waals surface area contributed by atoms with Crippen LogP contribution in [0.2, 0.25) is 18.6 Å². The van der Waals surface area contributed by atoms with E-state index in [9.17, 15) is 29.6 Å². The summed E-state index contributed by atoms with van der Waals surface area (Å²) in [5, 5.41) is 34.6. The number of nitro groups is 1. The van der Waals surface area contributed by atoms with E-state index in [4.69, 9.17) is 4.74 Å². The normalized spacial score (nSPS) is 21.4. The highest BCUT2D eigenvalue weighted by molar-refractivity contribution is 6.71. The molecule has 6 aromatic rings. The molecule has 55 heavy (non-hydrogen) atoms. The summed E-state index contributed by atoms with van der Waals surface area (Å²) >= 11 is 0. The SMILES string of the molecule is C[C@@H]1[C@@H]([Si](C)(C)O)[C@H](CCn2cc(C(CO)c3ccccc3)nn2)O[C@@]12C(=O)N(Cc1cccc(-n3[nH]c4ccccc4c3=O)c1)c1ccc([N+](=O)[O-])cc12. The van der Waals surface area contributed by atoms with Crippen LogP contribution >= 0.6 is 0 Å². The van der Waals surface area contributed by atoms with E-state index in [0.29, 0.717) is 46.5 Å². The molecular formula is C40H41N7O7Si. The number of aliphatic hydroxyl groups excluding tert-OH is 1. The molecule has 0 bridgehead atoms. The lowest BCUT2D eigenvalue weighted by Crippen LogP contribution is -2.46. The molecule has 0 radical (unpaired) electrons. The first kappa shape index (κ1) is 36.2. The lowest BCUT2D eigenvalue weighted by atomic mass is 9.82. The predicted molar refractivity (Wildman–Crippen MR) is 207 cm³/mol. The van der Waals surface area contributed by atoms with Crippen LogP contribution in [0.1, 0.15) is 41.6 Å². The third kappa shape index (κ3) is 6.18. The number of para-hydroxylation sites is 1.